The Morgan fingerprint density at radius 1 is 1.56 bits per heavy atom. The molecule has 9 heavy (non-hydrogen) atoms. The maximum atomic E-state index is 10.2. The number of aliphatic carboxylic acids is 1. The van der Waals surface area contributed by atoms with Crippen molar-refractivity contribution >= 4 is 5.97 Å². The molecule has 0 bridgehead atoms. The molecule has 0 amide bonds. The summed E-state index contributed by atoms with van der Waals surface area (Å²) < 4.78 is 0. The number of carboxylic acids is 1. The summed E-state index contributed by atoms with van der Waals surface area (Å²) in [5.41, 5.74) is 0. The van der Waals surface area contributed by atoms with Gasteiger partial charge in [0.2, 0.25) is 0 Å². The predicted molar refractivity (Wildman–Crippen MR) is 30.9 cm³/mol. The Bertz CT molecular complexity index is 119. The fourth-order valence-corrected chi connectivity index (χ4v) is 1.11. The van der Waals surface area contributed by atoms with E-state index >= 15 is 0 Å². The van der Waals surface area contributed by atoms with Gasteiger partial charge in [-0.1, -0.05) is 0 Å². The smallest absolute Gasteiger partial charge is 0.306 e. The number of hydrogen-bond donors (Lipinski definition) is 2. The Morgan fingerprint density at radius 3 is 2.33 bits per heavy atom. The molecule has 3 heteroatoms. The Balaban J connectivity index is 2.35. The topological polar surface area (TPSA) is 57.5 Å². The predicted octanol–water partition coefficient (Wildman–Crippen LogP) is 0.0895. The van der Waals surface area contributed by atoms with Crippen molar-refractivity contribution in [3.8, 4) is 0 Å². The molecule has 0 spiro atoms. The Morgan fingerprint density at radius 2 is 2.22 bits per heavy atom. The van der Waals surface area contributed by atoms with Crippen LogP contribution in [-0.2, 0) is 4.79 Å². The van der Waals surface area contributed by atoms with E-state index in [-0.39, 0.29) is 18.4 Å². The minimum absolute atomic E-state index is 0.0248. The third-order valence-corrected chi connectivity index (χ3v) is 1.97. The van der Waals surface area contributed by atoms with E-state index in [2.05, 4.69) is 0 Å². The average molecular weight is 130 g/mol. The molecule has 0 heterocycles. The van der Waals surface area contributed by atoms with Crippen LogP contribution in [0, 0.1) is 11.8 Å². The van der Waals surface area contributed by atoms with Crippen molar-refractivity contribution in [2.75, 3.05) is 6.61 Å². The zero-order valence-corrected chi connectivity index (χ0v) is 5.08. The second-order valence-corrected chi connectivity index (χ2v) is 2.46. The van der Waals surface area contributed by atoms with Gasteiger partial charge < -0.3 is 10.2 Å². The van der Waals surface area contributed by atoms with Gasteiger partial charge >= 0.3 is 5.97 Å². The number of carboxylic acid groups (broad SMARTS) is 1. The molecule has 0 saturated heterocycles. The highest BCUT2D eigenvalue weighted by molar-refractivity contribution is 5.71. The Hall–Kier alpha value is -0.570. The summed E-state index contributed by atoms with van der Waals surface area (Å²) in [6, 6.07) is 0. The van der Waals surface area contributed by atoms with Crippen LogP contribution >= 0.6 is 0 Å². The van der Waals surface area contributed by atoms with E-state index in [4.69, 9.17) is 10.2 Å². The zero-order chi connectivity index (χ0) is 6.85. The van der Waals surface area contributed by atoms with Crippen molar-refractivity contribution in [2.24, 2.45) is 11.8 Å². The summed E-state index contributed by atoms with van der Waals surface area (Å²) >= 11 is 0. The molecule has 1 saturated carbocycles. The molecular formula is C6H10O3. The fourth-order valence-electron chi connectivity index (χ4n) is 1.11. The average Bonchev–Trinajstić information content (AvgIpc) is 1.61. The first-order chi connectivity index (χ1) is 4.25. The summed E-state index contributed by atoms with van der Waals surface area (Å²) in [4.78, 5) is 10.2. The minimum atomic E-state index is -0.764. The number of aliphatic hydroxyl groups excluding tert-OH is 1. The summed E-state index contributed by atoms with van der Waals surface area (Å²) in [6.45, 7) is 0.0248. The first kappa shape index (κ1) is 6.55. The normalized spacial score (nSPS) is 33.4. The lowest BCUT2D eigenvalue weighted by Crippen LogP contribution is -2.34. The van der Waals surface area contributed by atoms with Gasteiger partial charge in [0.25, 0.3) is 0 Å². The molecular weight excluding hydrogens is 120 g/mol. The van der Waals surface area contributed by atoms with Gasteiger partial charge in [0.1, 0.15) is 0 Å². The van der Waals surface area contributed by atoms with Gasteiger partial charge in [-0.25, -0.2) is 0 Å². The second kappa shape index (κ2) is 2.35. The van der Waals surface area contributed by atoms with Crippen molar-refractivity contribution in [1.82, 2.24) is 0 Å². The van der Waals surface area contributed by atoms with Gasteiger partial charge in [0.15, 0.2) is 0 Å². The summed E-state index contributed by atoms with van der Waals surface area (Å²) in [6.07, 6.45) is 1.61. The van der Waals surface area contributed by atoms with Crippen LogP contribution in [0.2, 0.25) is 0 Å². The van der Waals surface area contributed by atoms with E-state index in [1.54, 1.807) is 0 Å². The molecule has 3 nitrogen and oxygen atoms in total. The fraction of sp³-hybridized carbons (Fsp3) is 0.833. The van der Waals surface area contributed by atoms with Crippen molar-refractivity contribution in [2.45, 2.75) is 12.8 Å². The Kier molecular flexibility index (Phi) is 1.71. The molecule has 0 aromatic carbocycles. The molecule has 1 fully saturated rings. The number of hydrogen-bond acceptors (Lipinski definition) is 2. The number of rotatable bonds is 2. The van der Waals surface area contributed by atoms with Gasteiger partial charge in [-0.15, -0.1) is 0 Å². The highest BCUT2D eigenvalue weighted by atomic mass is 16.4. The van der Waals surface area contributed by atoms with Crippen molar-refractivity contribution in [3.05, 3.63) is 0 Å². The van der Waals surface area contributed by atoms with E-state index < -0.39 is 5.97 Å². The third kappa shape index (κ3) is 1.05. The lowest BCUT2D eigenvalue weighted by atomic mass is 9.74. The largest absolute Gasteiger partial charge is 0.481 e. The first-order valence-corrected chi connectivity index (χ1v) is 3.09. The van der Waals surface area contributed by atoms with Crippen molar-refractivity contribution in [1.29, 1.82) is 0 Å². The molecule has 0 aliphatic heterocycles. The number of carbonyl (C=O) groups is 1. The minimum Gasteiger partial charge on any atom is -0.481 e. The number of aliphatic hydroxyl groups is 1. The van der Waals surface area contributed by atoms with Crippen LogP contribution in [0.4, 0.5) is 0 Å². The van der Waals surface area contributed by atoms with Crippen LogP contribution in [0.5, 0.6) is 0 Å². The van der Waals surface area contributed by atoms with E-state index in [1.165, 1.54) is 0 Å². The van der Waals surface area contributed by atoms with Crippen molar-refractivity contribution in [3.63, 3.8) is 0 Å². The van der Waals surface area contributed by atoms with E-state index in [9.17, 15) is 4.79 Å². The molecule has 2 unspecified atom stereocenters. The van der Waals surface area contributed by atoms with E-state index in [0.29, 0.717) is 0 Å². The summed E-state index contributed by atoms with van der Waals surface area (Å²) in [5.74, 6) is -1.00. The highest BCUT2D eigenvalue weighted by Gasteiger charge is 2.35. The summed E-state index contributed by atoms with van der Waals surface area (Å²) in [7, 11) is 0. The van der Waals surface area contributed by atoms with Gasteiger partial charge in [0, 0.05) is 6.61 Å². The molecule has 52 valence electrons. The lowest BCUT2D eigenvalue weighted by Gasteiger charge is -2.31. The van der Waals surface area contributed by atoms with E-state index in [1.807, 2.05) is 0 Å². The zero-order valence-electron chi connectivity index (χ0n) is 5.08. The van der Waals surface area contributed by atoms with Crippen LogP contribution < -0.4 is 0 Å². The van der Waals surface area contributed by atoms with Crippen LogP contribution in [0.25, 0.3) is 0 Å². The lowest BCUT2D eigenvalue weighted by molar-refractivity contribution is -0.148. The maximum absolute atomic E-state index is 10.2. The van der Waals surface area contributed by atoms with Crippen molar-refractivity contribution < 1.29 is 15.0 Å². The first-order valence-electron chi connectivity index (χ1n) is 3.09. The van der Waals surface area contributed by atoms with Gasteiger partial charge in [0.05, 0.1) is 5.92 Å². The van der Waals surface area contributed by atoms with Crippen LogP contribution in [0.15, 0.2) is 0 Å². The molecule has 1 rings (SSSR count). The monoisotopic (exact) mass is 130 g/mol. The van der Waals surface area contributed by atoms with Crippen LogP contribution in [-0.4, -0.2) is 22.8 Å². The maximum Gasteiger partial charge on any atom is 0.306 e. The third-order valence-electron chi connectivity index (χ3n) is 1.97. The molecule has 0 aromatic heterocycles. The second-order valence-electron chi connectivity index (χ2n) is 2.46. The summed E-state index contributed by atoms with van der Waals surface area (Å²) in [5, 5.41) is 17.0. The molecule has 1 aliphatic rings. The van der Waals surface area contributed by atoms with Crippen LogP contribution in [0.1, 0.15) is 12.8 Å². The van der Waals surface area contributed by atoms with Gasteiger partial charge in [-0.2, -0.15) is 0 Å². The quantitative estimate of drug-likeness (QED) is 0.557. The van der Waals surface area contributed by atoms with E-state index in [0.717, 1.165) is 12.8 Å². The van der Waals surface area contributed by atoms with Gasteiger partial charge in [-0.05, 0) is 18.8 Å². The molecule has 0 aromatic rings. The molecule has 1 aliphatic carbocycles. The highest BCUT2D eigenvalue weighted by Crippen LogP contribution is 2.33. The van der Waals surface area contributed by atoms with Gasteiger partial charge in [-0.3, -0.25) is 4.79 Å². The molecule has 2 N–H and O–H groups in total. The standard InChI is InChI=1S/C6H10O3/c7-3-4-1-2-5(4)6(8)9/h4-5,7H,1-3H2,(H,8,9). The molecule has 2 atom stereocenters. The Labute approximate surface area is 53.3 Å². The molecule has 0 radical (unpaired) electrons. The van der Waals surface area contributed by atoms with Crippen LogP contribution in [0.3, 0.4) is 0 Å². The SMILES string of the molecule is O=C(O)C1CCC1CO.